The smallest absolute Gasteiger partial charge is 0.302 e. The summed E-state index contributed by atoms with van der Waals surface area (Å²) in [6.07, 6.45) is 34.9. The molecule has 0 saturated heterocycles. The monoisotopic (exact) mass is 610 g/mol. The van der Waals surface area contributed by atoms with E-state index in [0.717, 1.165) is 5.57 Å². The summed E-state index contributed by atoms with van der Waals surface area (Å²) >= 11 is 0. The molecule has 246 valence electrons. The highest BCUT2D eigenvalue weighted by Crippen LogP contribution is 2.41. The van der Waals surface area contributed by atoms with Gasteiger partial charge >= 0.3 is 5.97 Å². The van der Waals surface area contributed by atoms with Gasteiger partial charge in [-0.25, -0.2) is 0 Å². The number of esters is 1. The molecule has 0 aliphatic heterocycles. The fraction of sp³-hybridized carbons (Fsp3) is 0.465. The van der Waals surface area contributed by atoms with E-state index >= 15 is 0 Å². The van der Waals surface area contributed by atoms with Crippen LogP contribution < -0.4 is 0 Å². The maximum absolute atomic E-state index is 10.7. The molecular weight excluding hydrogens is 548 g/mol. The number of carbonyl (C=O) groups is 1. The topological polar surface area (TPSA) is 26.3 Å². The normalized spacial score (nSPS) is 20.0. The summed E-state index contributed by atoms with van der Waals surface area (Å²) in [5, 5.41) is 0. The first-order valence-electron chi connectivity index (χ1n) is 16.6. The molecule has 2 aliphatic rings. The van der Waals surface area contributed by atoms with E-state index < -0.39 is 0 Å². The van der Waals surface area contributed by atoms with Crippen LogP contribution in [-0.4, -0.2) is 12.6 Å². The second kappa shape index (κ2) is 19.9. The lowest BCUT2D eigenvalue weighted by Gasteiger charge is -2.33. The van der Waals surface area contributed by atoms with Crippen LogP contribution in [0.3, 0.4) is 0 Å². The van der Waals surface area contributed by atoms with Crippen LogP contribution in [0, 0.1) is 10.8 Å². The molecule has 0 spiro atoms. The summed E-state index contributed by atoms with van der Waals surface area (Å²) in [5.74, 6) is -0.251. The average molecular weight is 611 g/mol. The van der Waals surface area contributed by atoms with Crippen molar-refractivity contribution in [1.29, 1.82) is 0 Å². The zero-order chi connectivity index (χ0) is 34.0. The van der Waals surface area contributed by atoms with Crippen LogP contribution in [0.4, 0.5) is 0 Å². The van der Waals surface area contributed by atoms with Gasteiger partial charge in [0, 0.05) is 6.92 Å². The first-order valence-corrected chi connectivity index (χ1v) is 16.6. The SMILES string of the molecule is C=C/C=C(C)/C=C/C=C(C)/C=C/C1=C(C)CCCC1(C)C.CC(=O)OC/C=C(C)/C=C/C=C(C)/C=C/C1=C(C)CCCC1(C)C. The van der Waals surface area contributed by atoms with E-state index in [9.17, 15) is 4.79 Å². The zero-order valence-electron chi connectivity index (χ0n) is 30.5. The zero-order valence-corrected chi connectivity index (χ0v) is 30.5. The van der Waals surface area contributed by atoms with Crippen molar-refractivity contribution in [1.82, 2.24) is 0 Å². The second-order valence-electron chi connectivity index (χ2n) is 14.0. The van der Waals surface area contributed by atoms with Gasteiger partial charge in [-0.05, 0) is 108 Å². The molecule has 0 fully saturated rings. The van der Waals surface area contributed by atoms with Crippen molar-refractivity contribution in [2.24, 2.45) is 10.8 Å². The van der Waals surface area contributed by atoms with Crippen LogP contribution in [-0.2, 0) is 9.53 Å². The summed E-state index contributed by atoms with van der Waals surface area (Å²) in [5.41, 5.74) is 11.5. The molecule has 2 heteroatoms. The van der Waals surface area contributed by atoms with Gasteiger partial charge in [0.1, 0.15) is 6.61 Å². The fourth-order valence-corrected chi connectivity index (χ4v) is 5.86. The molecule has 0 aromatic heterocycles. The summed E-state index contributed by atoms with van der Waals surface area (Å²) in [7, 11) is 0. The Bertz CT molecular complexity index is 1320. The van der Waals surface area contributed by atoms with E-state index in [1.807, 2.05) is 37.3 Å². The van der Waals surface area contributed by atoms with Gasteiger partial charge in [-0.3, -0.25) is 4.79 Å². The van der Waals surface area contributed by atoms with E-state index in [-0.39, 0.29) is 11.4 Å². The summed E-state index contributed by atoms with van der Waals surface area (Å²) in [6, 6.07) is 0. The molecule has 0 aromatic carbocycles. The first-order chi connectivity index (χ1) is 21.1. The van der Waals surface area contributed by atoms with Crippen LogP contribution in [0.1, 0.15) is 115 Å². The minimum atomic E-state index is -0.251. The highest BCUT2D eigenvalue weighted by molar-refractivity contribution is 5.66. The Kier molecular flexibility index (Phi) is 17.5. The molecule has 2 aliphatic carbocycles. The van der Waals surface area contributed by atoms with E-state index in [4.69, 9.17) is 4.74 Å². The van der Waals surface area contributed by atoms with Crippen molar-refractivity contribution in [3.05, 3.63) is 130 Å². The van der Waals surface area contributed by atoms with Crippen molar-refractivity contribution in [2.45, 2.75) is 115 Å². The lowest BCUT2D eigenvalue weighted by Crippen LogP contribution is -2.19. The Morgan fingerprint density at radius 2 is 1.11 bits per heavy atom. The van der Waals surface area contributed by atoms with Gasteiger partial charge < -0.3 is 4.74 Å². The van der Waals surface area contributed by atoms with Crippen LogP contribution in [0.25, 0.3) is 0 Å². The fourth-order valence-electron chi connectivity index (χ4n) is 5.86. The Balaban J connectivity index is 0.000000454. The van der Waals surface area contributed by atoms with Crippen molar-refractivity contribution in [3.8, 4) is 0 Å². The molecule has 2 nitrogen and oxygen atoms in total. The molecule has 0 saturated carbocycles. The quantitative estimate of drug-likeness (QED) is 0.172. The van der Waals surface area contributed by atoms with Crippen LogP contribution >= 0.6 is 0 Å². The number of ether oxygens (including phenoxy) is 1. The van der Waals surface area contributed by atoms with E-state index in [2.05, 4.69) is 118 Å². The molecule has 0 radical (unpaired) electrons. The highest BCUT2D eigenvalue weighted by Gasteiger charge is 2.27. The molecule has 0 aromatic rings. The van der Waals surface area contributed by atoms with Gasteiger partial charge in [0.05, 0.1) is 0 Å². The first kappa shape index (κ1) is 39.6. The third-order valence-corrected chi connectivity index (χ3v) is 8.62. The van der Waals surface area contributed by atoms with Crippen molar-refractivity contribution < 1.29 is 9.53 Å². The van der Waals surface area contributed by atoms with Gasteiger partial charge in [-0.2, -0.15) is 0 Å². The van der Waals surface area contributed by atoms with Gasteiger partial charge in [-0.1, -0.05) is 141 Å². The molecule has 0 amide bonds. The predicted molar refractivity (Wildman–Crippen MR) is 199 cm³/mol. The summed E-state index contributed by atoms with van der Waals surface area (Å²) in [6.45, 7) is 27.7. The minimum absolute atomic E-state index is 0.251. The number of carbonyl (C=O) groups excluding carboxylic acids is 1. The molecule has 0 heterocycles. The standard InChI is InChI=1S/C22H32O2.C21H30/c1-17(9-7-10-18(2)14-16-24-20(4)23)12-13-21-19(3)11-8-15-22(21,5)6;1-7-10-17(2)11-8-12-18(3)14-15-20-19(4)13-9-16-21(20,5)6/h7,9-10,12-14H,8,11,15-16H2,1-6H3;7-8,10-12,14-15H,1,9,13,16H2,2-6H3/b10-7+,13-12+,17-9+,18-14+;11-8+,15-14+,17-10+,18-12+. The third kappa shape index (κ3) is 15.9. The van der Waals surface area contributed by atoms with E-state index in [1.54, 1.807) is 5.57 Å². The van der Waals surface area contributed by atoms with Gasteiger partial charge in [0.25, 0.3) is 0 Å². The predicted octanol–water partition coefficient (Wildman–Crippen LogP) is 12.8. The molecule has 45 heavy (non-hydrogen) atoms. The molecular formula is C43H62O2. The molecule has 0 N–H and O–H groups in total. The largest absolute Gasteiger partial charge is 0.462 e. The lowest BCUT2D eigenvalue weighted by atomic mass is 9.72. The lowest BCUT2D eigenvalue weighted by molar-refractivity contribution is -0.139. The number of hydrogen-bond donors (Lipinski definition) is 0. The average Bonchev–Trinajstić information content (AvgIpc) is 2.92. The van der Waals surface area contributed by atoms with E-state index in [0.29, 0.717) is 12.0 Å². The number of hydrogen-bond acceptors (Lipinski definition) is 2. The van der Waals surface area contributed by atoms with Crippen LogP contribution in [0.15, 0.2) is 130 Å². The number of rotatable bonds is 11. The minimum Gasteiger partial charge on any atom is -0.462 e. The Hall–Kier alpha value is -3.39. The van der Waals surface area contributed by atoms with Gasteiger partial charge in [0.2, 0.25) is 0 Å². The Labute approximate surface area is 277 Å². The summed E-state index contributed by atoms with van der Waals surface area (Å²) in [4.78, 5) is 10.7. The maximum atomic E-state index is 10.7. The molecule has 0 unspecified atom stereocenters. The van der Waals surface area contributed by atoms with Gasteiger partial charge in [0.15, 0.2) is 0 Å². The van der Waals surface area contributed by atoms with Crippen LogP contribution in [0.5, 0.6) is 0 Å². The molecule has 0 atom stereocenters. The Morgan fingerprint density at radius 1 is 0.689 bits per heavy atom. The summed E-state index contributed by atoms with van der Waals surface area (Å²) < 4.78 is 4.89. The van der Waals surface area contributed by atoms with Crippen molar-refractivity contribution in [3.63, 3.8) is 0 Å². The van der Waals surface area contributed by atoms with Gasteiger partial charge in [-0.15, -0.1) is 0 Å². The van der Waals surface area contributed by atoms with E-state index in [1.165, 1.54) is 78.9 Å². The number of allylic oxidation sites excluding steroid dienone is 20. The Morgan fingerprint density at radius 3 is 1.51 bits per heavy atom. The highest BCUT2D eigenvalue weighted by atomic mass is 16.5. The maximum Gasteiger partial charge on any atom is 0.302 e. The van der Waals surface area contributed by atoms with Crippen molar-refractivity contribution in [2.75, 3.05) is 6.61 Å². The van der Waals surface area contributed by atoms with Crippen LogP contribution in [0.2, 0.25) is 0 Å². The third-order valence-electron chi connectivity index (χ3n) is 8.62. The molecule has 2 rings (SSSR count). The second-order valence-corrected chi connectivity index (χ2v) is 14.0. The van der Waals surface area contributed by atoms with Crippen molar-refractivity contribution >= 4 is 5.97 Å². The molecule has 0 bridgehead atoms.